The van der Waals surface area contributed by atoms with Crippen LogP contribution in [0.4, 0.5) is 4.39 Å². The molecule has 31 heavy (non-hydrogen) atoms. The average Bonchev–Trinajstić information content (AvgIpc) is 2.94. The molecule has 1 N–H and O–H groups in total. The van der Waals surface area contributed by atoms with Crippen molar-refractivity contribution in [2.24, 2.45) is 34.5 Å². The molecular formula is C24H30ClFO5. The Morgan fingerprint density at radius 3 is 2.61 bits per heavy atom. The number of carbonyl (C=O) groups is 3. The lowest BCUT2D eigenvalue weighted by Gasteiger charge is -2.62. The van der Waals surface area contributed by atoms with Crippen molar-refractivity contribution in [2.45, 2.75) is 64.1 Å². The highest BCUT2D eigenvalue weighted by atomic mass is 35.5. The molecule has 4 aliphatic carbocycles. The second-order valence-electron chi connectivity index (χ2n) is 10.4. The van der Waals surface area contributed by atoms with Crippen LogP contribution in [0.2, 0.25) is 0 Å². The number of rotatable bonds is 3. The molecule has 0 heterocycles. The van der Waals surface area contributed by atoms with Crippen molar-refractivity contribution < 1.29 is 28.6 Å². The Hall–Kier alpha value is -1.53. The summed E-state index contributed by atoms with van der Waals surface area (Å²) in [5, 5.41) is 10.8. The SMILES string of the molecule is CC(=O)OCC(=O)[C@H]1C(C)C[C@H]2[C@@H]3CC(Cl)C4=CC(=O)C=C[C@]4(C)[C@@]3(F)C(O)C[C@]12C. The van der Waals surface area contributed by atoms with Crippen molar-refractivity contribution >= 4 is 29.1 Å². The number of aliphatic hydroxyl groups is 1. The first kappa shape index (κ1) is 22.7. The predicted molar refractivity (Wildman–Crippen MR) is 113 cm³/mol. The highest BCUT2D eigenvalue weighted by molar-refractivity contribution is 6.23. The summed E-state index contributed by atoms with van der Waals surface area (Å²) < 4.78 is 22.0. The molecule has 0 bridgehead atoms. The lowest BCUT2D eigenvalue weighted by molar-refractivity contribution is -0.195. The fourth-order valence-corrected chi connectivity index (χ4v) is 8.00. The van der Waals surface area contributed by atoms with Crippen LogP contribution in [0.3, 0.4) is 0 Å². The minimum atomic E-state index is -1.99. The van der Waals surface area contributed by atoms with Crippen molar-refractivity contribution in [3.05, 3.63) is 23.8 Å². The van der Waals surface area contributed by atoms with Gasteiger partial charge in [-0.1, -0.05) is 19.9 Å². The third kappa shape index (κ3) is 3.01. The molecule has 9 atom stereocenters. The van der Waals surface area contributed by atoms with Gasteiger partial charge in [0.05, 0.1) is 11.5 Å². The van der Waals surface area contributed by atoms with Crippen molar-refractivity contribution in [3.8, 4) is 0 Å². The monoisotopic (exact) mass is 452 g/mol. The Labute approximate surface area is 187 Å². The lowest BCUT2D eigenvalue weighted by Crippen LogP contribution is -2.68. The molecule has 0 aromatic heterocycles. The molecule has 0 radical (unpaired) electrons. The first-order chi connectivity index (χ1) is 14.4. The molecule has 0 amide bonds. The van der Waals surface area contributed by atoms with E-state index in [1.165, 1.54) is 19.1 Å². The highest BCUT2D eigenvalue weighted by Gasteiger charge is 2.72. The maximum Gasteiger partial charge on any atom is 0.303 e. The quantitative estimate of drug-likeness (QED) is 0.523. The van der Waals surface area contributed by atoms with Crippen LogP contribution < -0.4 is 0 Å². The molecule has 0 aromatic rings. The third-order valence-electron chi connectivity index (χ3n) is 8.73. The minimum absolute atomic E-state index is 0.0328. The number of fused-ring (bicyclic) bond motifs is 5. The van der Waals surface area contributed by atoms with Crippen LogP contribution in [-0.2, 0) is 19.1 Å². The minimum Gasteiger partial charge on any atom is -0.458 e. The molecule has 3 fully saturated rings. The van der Waals surface area contributed by atoms with Gasteiger partial charge in [0, 0.05) is 24.2 Å². The number of hydrogen-bond acceptors (Lipinski definition) is 5. The zero-order valence-electron chi connectivity index (χ0n) is 18.4. The Morgan fingerprint density at radius 2 is 1.97 bits per heavy atom. The Kier molecular flexibility index (Phi) is 5.29. The molecule has 3 saturated carbocycles. The molecule has 0 aliphatic heterocycles. The van der Waals surface area contributed by atoms with Gasteiger partial charge in [0.2, 0.25) is 0 Å². The summed E-state index contributed by atoms with van der Waals surface area (Å²) in [7, 11) is 0. The maximum absolute atomic E-state index is 17.1. The van der Waals surface area contributed by atoms with E-state index in [4.69, 9.17) is 16.3 Å². The van der Waals surface area contributed by atoms with Gasteiger partial charge >= 0.3 is 5.97 Å². The number of alkyl halides is 2. The van der Waals surface area contributed by atoms with E-state index in [0.29, 0.717) is 18.4 Å². The number of ether oxygens (including phenoxy) is 1. The number of halogens is 2. The van der Waals surface area contributed by atoms with Gasteiger partial charge in [-0.15, -0.1) is 11.6 Å². The zero-order chi connectivity index (χ0) is 22.9. The van der Waals surface area contributed by atoms with Crippen molar-refractivity contribution in [1.29, 1.82) is 0 Å². The highest BCUT2D eigenvalue weighted by Crippen LogP contribution is 2.70. The maximum atomic E-state index is 17.1. The molecule has 0 spiro atoms. The second kappa shape index (κ2) is 7.24. The predicted octanol–water partition coefficient (Wildman–Crippen LogP) is 3.57. The van der Waals surface area contributed by atoms with E-state index in [-0.39, 0.29) is 36.4 Å². The summed E-state index contributed by atoms with van der Waals surface area (Å²) in [6, 6.07) is 0. The van der Waals surface area contributed by atoms with Crippen LogP contribution in [0.5, 0.6) is 0 Å². The van der Waals surface area contributed by atoms with Gasteiger partial charge in [0.15, 0.2) is 17.2 Å². The van der Waals surface area contributed by atoms with E-state index >= 15 is 4.39 Å². The molecule has 0 aromatic carbocycles. The third-order valence-corrected chi connectivity index (χ3v) is 9.15. The van der Waals surface area contributed by atoms with Gasteiger partial charge in [-0.05, 0) is 61.2 Å². The summed E-state index contributed by atoms with van der Waals surface area (Å²) in [6.07, 6.45) is 4.09. The number of aliphatic hydroxyl groups excluding tert-OH is 1. The molecule has 0 saturated heterocycles. The van der Waals surface area contributed by atoms with Crippen molar-refractivity contribution in [3.63, 3.8) is 0 Å². The molecule has 4 aliphatic rings. The lowest BCUT2D eigenvalue weighted by atomic mass is 9.45. The molecule has 7 heteroatoms. The molecule has 170 valence electrons. The summed E-state index contributed by atoms with van der Waals surface area (Å²) >= 11 is 6.70. The first-order valence-electron chi connectivity index (χ1n) is 11.0. The van der Waals surface area contributed by atoms with Crippen LogP contribution in [-0.4, -0.2) is 46.4 Å². The normalized spacial score (nSPS) is 48.4. The number of hydrogen-bond donors (Lipinski definition) is 1. The van der Waals surface area contributed by atoms with Gasteiger partial charge in [0.25, 0.3) is 0 Å². The Bertz CT molecular complexity index is 898. The summed E-state index contributed by atoms with van der Waals surface area (Å²) in [6.45, 7) is 6.60. The largest absolute Gasteiger partial charge is 0.458 e. The van der Waals surface area contributed by atoms with Gasteiger partial charge in [-0.2, -0.15) is 0 Å². The molecule has 4 rings (SSSR count). The summed E-state index contributed by atoms with van der Waals surface area (Å²) in [4.78, 5) is 36.2. The van der Waals surface area contributed by atoms with E-state index in [9.17, 15) is 19.5 Å². The van der Waals surface area contributed by atoms with Gasteiger partial charge in [0.1, 0.15) is 6.61 Å². The smallest absolute Gasteiger partial charge is 0.303 e. The van der Waals surface area contributed by atoms with Gasteiger partial charge in [-0.25, -0.2) is 4.39 Å². The molecule has 3 unspecified atom stereocenters. The average molecular weight is 453 g/mol. The van der Waals surface area contributed by atoms with Crippen LogP contribution in [0.25, 0.3) is 0 Å². The Morgan fingerprint density at radius 1 is 1.29 bits per heavy atom. The van der Waals surface area contributed by atoms with Gasteiger partial charge < -0.3 is 9.84 Å². The zero-order valence-corrected chi connectivity index (χ0v) is 19.1. The van der Waals surface area contributed by atoms with E-state index in [1.807, 2.05) is 13.8 Å². The second-order valence-corrected chi connectivity index (χ2v) is 10.9. The number of ketones is 2. The number of esters is 1. The summed E-state index contributed by atoms with van der Waals surface area (Å²) in [5.41, 5.74) is -3.27. The van der Waals surface area contributed by atoms with E-state index in [0.717, 1.165) is 0 Å². The number of carbonyl (C=O) groups excluding carboxylic acids is 3. The summed E-state index contributed by atoms with van der Waals surface area (Å²) in [5.74, 6) is -2.10. The molecular weight excluding hydrogens is 423 g/mol. The number of allylic oxidation sites excluding steroid dienone is 4. The Balaban J connectivity index is 1.74. The topological polar surface area (TPSA) is 80.7 Å². The molecule has 5 nitrogen and oxygen atoms in total. The van der Waals surface area contributed by atoms with Crippen molar-refractivity contribution in [1.82, 2.24) is 0 Å². The van der Waals surface area contributed by atoms with Crippen LogP contribution in [0, 0.1) is 34.5 Å². The van der Waals surface area contributed by atoms with Gasteiger partial charge in [-0.3, -0.25) is 14.4 Å². The van der Waals surface area contributed by atoms with E-state index in [2.05, 4.69) is 0 Å². The fraction of sp³-hybridized carbons (Fsp3) is 0.708. The van der Waals surface area contributed by atoms with E-state index < -0.39 is 45.8 Å². The first-order valence-corrected chi connectivity index (χ1v) is 11.4. The fourth-order valence-electron chi connectivity index (χ4n) is 7.52. The van der Waals surface area contributed by atoms with Crippen LogP contribution in [0.1, 0.15) is 47.0 Å². The van der Waals surface area contributed by atoms with Crippen molar-refractivity contribution in [2.75, 3.05) is 6.61 Å². The number of Topliss-reactive ketones (excluding diaryl/α,β-unsaturated/α-hetero) is 1. The van der Waals surface area contributed by atoms with E-state index in [1.54, 1.807) is 13.0 Å². The van der Waals surface area contributed by atoms with Crippen LogP contribution in [0.15, 0.2) is 23.8 Å². The van der Waals surface area contributed by atoms with Crippen LogP contribution >= 0.6 is 11.6 Å². The standard InChI is InChI=1S/C24H30ClFO5/c1-12-7-15-16-9-18(25)17-8-14(28)5-6-23(17,4)24(16,26)20(30)10-22(15,3)21(12)19(29)11-31-13(2)27/h5-6,8,12,15-16,18,20-21,30H,7,9-11H2,1-4H3/t12?,15-,16-,18?,20?,21+,22-,23-,24-/m0/s1.